The minimum atomic E-state index is -3.70. The number of nitrogens with one attached hydrogen (secondary N) is 1. The van der Waals surface area contributed by atoms with E-state index in [1.165, 1.54) is 43.5 Å². The van der Waals surface area contributed by atoms with E-state index in [9.17, 15) is 37.7 Å². The van der Waals surface area contributed by atoms with Gasteiger partial charge < -0.3 is 32.1 Å². The normalized spacial score (nSPS) is 13.8. The van der Waals surface area contributed by atoms with Crippen LogP contribution in [-0.2, 0) is 19.6 Å². The lowest BCUT2D eigenvalue weighted by Crippen LogP contribution is -2.42. The van der Waals surface area contributed by atoms with Crippen LogP contribution in [0.5, 0.6) is 0 Å². The second kappa shape index (κ2) is 16.1. The van der Waals surface area contributed by atoms with Gasteiger partial charge in [0.2, 0.25) is 21.9 Å². The molecule has 0 aliphatic heterocycles. The van der Waals surface area contributed by atoms with E-state index in [4.69, 9.17) is 11.5 Å². The number of nitrogens with two attached hydrogens (primary N) is 2. The Labute approximate surface area is 255 Å². The third-order valence-corrected chi connectivity index (χ3v) is 7.56. The summed E-state index contributed by atoms with van der Waals surface area (Å²) in [6.45, 7) is 3.86. The number of nitrogens with zero attached hydrogens (tertiary/aromatic N) is 4. The van der Waals surface area contributed by atoms with Crippen molar-refractivity contribution in [2.24, 2.45) is 16.5 Å². The number of halogens is 1. The number of carbonyl (C=O) groups is 2. The zero-order chi connectivity index (χ0) is 33.2. The molecule has 8 N–H and O–H groups in total. The van der Waals surface area contributed by atoms with Gasteiger partial charge in [-0.05, 0) is 43.0 Å². The summed E-state index contributed by atoms with van der Waals surface area (Å²) in [6, 6.07) is 4.21. The number of hydrogen-bond donors (Lipinski definition) is 6. The minimum absolute atomic E-state index is 0.0642. The average molecular weight is 638 g/mol. The van der Waals surface area contributed by atoms with Crippen molar-refractivity contribution >= 4 is 39.9 Å². The van der Waals surface area contributed by atoms with Gasteiger partial charge in [-0.3, -0.25) is 9.79 Å². The van der Waals surface area contributed by atoms with Crippen LogP contribution in [0.3, 0.4) is 0 Å². The van der Waals surface area contributed by atoms with Crippen molar-refractivity contribution in [3.63, 3.8) is 0 Å². The van der Waals surface area contributed by atoms with Gasteiger partial charge in [0.25, 0.3) is 0 Å². The number of aliphatic carboxylic acids is 1. The molecule has 1 aromatic carbocycles. The highest BCUT2D eigenvalue weighted by molar-refractivity contribution is 7.92. The van der Waals surface area contributed by atoms with Crippen LogP contribution in [0.2, 0.25) is 0 Å². The number of aliphatic hydroxyl groups excluding tert-OH is 2. The summed E-state index contributed by atoms with van der Waals surface area (Å²) < 4.78 is 39.0. The van der Waals surface area contributed by atoms with Gasteiger partial charge >= 0.3 is 5.97 Å². The maximum Gasteiger partial charge on any atom is 0.326 e. The zero-order valence-electron chi connectivity index (χ0n) is 25.0. The predicted molar refractivity (Wildman–Crippen MR) is 165 cm³/mol. The van der Waals surface area contributed by atoms with E-state index >= 15 is 0 Å². The van der Waals surface area contributed by atoms with Crippen LogP contribution in [0, 0.1) is 5.82 Å². The van der Waals surface area contributed by atoms with Crippen molar-refractivity contribution in [2.75, 3.05) is 24.2 Å². The third kappa shape index (κ3) is 11.2. The molecule has 44 heavy (non-hydrogen) atoms. The standard InChI is InChI=1S/C28H40FN7O7S/c1-16(2)24-21(25(17-7-9-18(29)10-8-17)35-28(34-24)36(3)44(4,42)43)12-11-19(37)14-20(38)15-23(39)33-22(26(40)41)6-5-13-32-27(30)31/h7-12,16,19-20,22,37-38H,5-6,13-15H2,1-4H3,(H,33,39)(H,40,41)(H4,30,31,32)/t19-,20+,22-/m0/s1. The van der Waals surface area contributed by atoms with Crippen molar-refractivity contribution < 1.29 is 37.7 Å². The van der Waals surface area contributed by atoms with Crippen molar-refractivity contribution in [2.45, 2.75) is 63.7 Å². The Kier molecular flexibility index (Phi) is 13.2. The van der Waals surface area contributed by atoms with Crippen LogP contribution in [0.15, 0.2) is 35.3 Å². The number of amides is 1. The number of aliphatic hydroxyl groups is 2. The molecule has 16 heteroatoms. The van der Waals surface area contributed by atoms with Crippen molar-refractivity contribution in [3.05, 3.63) is 47.4 Å². The van der Waals surface area contributed by atoms with Crippen molar-refractivity contribution in [1.29, 1.82) is 0 Å². The van der Waals surface area contributed by atoms with E-state index in [-0.39, 0.29) is 42.9 Å². The molecule has 14 nitrogen and oxygen atoms in total. The first-order valence-corrected chi connectivity index (χ1v) is 15.6. The third-order valence-electron chi connectivity index (χ3n) is 6.41. The number of benzene rings is 1. The first kappa shape index (κ1) is 36.0. The summed E-state index contributed by atoms with van der Waals surface area (Å²) >= 11 is 0. The molecule has 0 spiro atoms. The smallest absolute Gasteiger partial charge is 0.326 e. The summed E-state index contributed by atoms with van der Waals surface area (Å²) in [4.78, 5) is 36.5. The monoisotopic (exact) mass is 637 g/mol. The maximum atomic E-state index is 13.7. The van der Waals surface area contributed by atoms with Gasteiger partial charge in [-0.25, -0.2) is 31.9 Å². The second-order valence-corrected chi connectivity index (χ2v) is 12.5. The molecule has 1 aromatic heterocycles. The molecule has 0 aliphatic carbocycles. The maximum absolute atomic E-state index is 13.7. The van der Waals surface area contributed by atoms with Gasteiger partial charge in [-0.2, -0.15) is 0 Å². The number of carboxylic acids is 1. The summed E-state index contributed by atoms with van der Waals surface area (Å²) in [7, 11) is -2.39. The van der Waals surface area contributed by atoms with Crippen LogP contribution >= 0.6 is 0 Å². The lowest BCUT2D eigenvalue weighted by molar-refractivity contribution is -0.142. The molecule has 2 aromatic rings. The molecular formula is C28H40FN7O7S. The SMILES string of the molecule is CC(C)c1nc(N(C)S(C)(=O)=O)nc(-c2ccc(F)cc2)c1C=C[C@H](O)C[C@@H](O)CC(=O)N[C@@H](CCCN=C(N)N)C(=O)O. The number of guanidine groups is 1. The highest BCUT2D eigenvalue weighted by atomic mass is 32.2. The van der Waals surface area contributed by atoms with Crippen molar-refractivity contribution in [1.82, 2.24) is 15.3 Å². The Hall–Kier alpha value is -4.15. The molecule has 0 aliphatic rings. The minimum Gasteiger partial charge on any atom is -0.480 e. The molecule has 3 atom stereocenters. The molecular weight excluding hydrogens is 597 g/mol. The highest BCUT2D eigenvalue weighted by Gasteiger charge is 2.24. The number of aliphatic imine (C=N–C) groups is 1. The zero-order valence-corrected chi connectivity index (χ0v) is 25.8. The fourth-order valence-corrected chi connectivity index (χ4v) is 4.45. The van der Waals surface area contributed by atoms with Crippen molar-refractivity contribution in [3.8, 4) is 11.3 Å². The molecule has 242 valence electrons. The highest BCUT2D eigenvalue weighted by Crippen LogP contribution is 2.31. The second-order valence-electron chi connectivity index (χ2n) is 10.5. The molecule has 0 unspecified atom stereocenters. The number of aromatic nitrogens is 2. The number of sulfonamides is 1. The molecule has 1 heterocycles. The topological polar surface area (TPSA) is 234 Å². The van der Waals surface area contributed by atoms with Crippen LogP contribution in [0.4, 0.5) is 10.3 Å². The van der Waals surface area contributed by atoms with Crippen LogP contribution in [0.1, 0.15) is 56.7 Å². The Morgan fingerprint density at radius 3 is 2.34 bits per heavy atom. The Morgan fingerprint density at radius 1 is 1.16 bits per heavy atom. The predicted octanol–water partition coefficient (Wildman–Crippen LogP) is 0.940. The Bertz CT molecular complexity index is 1460. The molecule has 0 saturated heterocycles. The quantitative estimate of drug-likeness (QED) is 0.0861. The molecule has 0 bridgehead atoms. The fraction of sp³-hybridized carbons (Fsp3) is 0.464. The number of anilines is 1. The summed E-state index contributed by atoms with van der Waals surface area (Å²) in [6.07, 6.45) is 0.982. The molecule has 2 rings (SSSR count). The number of hydrogen-bond acceptors (Lipinski definition) is 9. The number of carboxylic acid groups (broad SMARTS) is 1. The Morgan fingerprint density at radius 2 is 1.80 bits per heavy atom. The van der Waals surface area contributed by atoms with Gasteiger partial charge in [0, 0.05) is 31.1 Å². The van der Waals surface area contributed by atoms with E-state index in [0.29, 0.717) is 23.2 Å². The lowest BCUT2D eigenvalue weighted by atomic mass is 9.97. The van der Waals surface area contributed by atoms with Crippen LogP contribution in [0.25, 0.3) is 17.3 Å². The van der Waals surface area contributed by atoms with E-state index < -0.39 is 52.4 Å². The van der Waals surface area contributed by atoms with Gasteiger partial charge in [-0.1, -0.05) is 26.0 Å². The lowest BCUT2D eigenvalue weighted by Gasteiger charge is -2.20. The van der Waals surface area contributed by atoms with E-state index in [2.05, 4.69) is 20.3 Å². The van der Waals surface area contributed by atoms with E-state index in [0.717, 1.165) is 10.6 Å². The van der Waals surface area contributed by atoms with E-state index in [1.54, 1.807) is 0 Å². The molecule has 0 radical (unpaired) electrons. The van der Waals surface area contributed by atoms with Gasteiger partial charge in [0.1, 0.15) is 11.9 Å². The molecule has 0 saturated carbocycles. The van der Waals surface area contributed by atoms with Gasteiger partial charge in [-0.15, -0.1) is 0 Å². The van der Waals surface area contributed by atoms with E-state index in [1.807, 2.05) is 13.8 Å². The fourth-order valence-electron chi connectivity index (χ4n) is 4.07. The van der Waals surface area contributed by atoms with Crippen LogP contribution in [-0.4, -0.2) is 89.6 Å². The van der Waals surface area contributed by atoms with Crippen LogP contribution < -0.4 is 21.1 Å². The first-order chi connectivity index (χ1) is 20.5. The largest absolute Gasteiger partial charge is 0.480 e. The Balaban J connectivity index is 2.25. The summed E-state index contributed by atoms with van der Waals surface area (Å²) in [5, 5.41) is 32.8. The molecule has 1 amide bonds. The first-order valence-electron chi connectivity index (χ1n) is 13.7. The summed E-state index contributed by atoms with van der Waals surface area (Å²) in [5.74, 6) is -2.90. The number of rotatable bonds is 16. The average Bonchev–Trinajstić information content (AvgIpc) is 2.92. The molecule has 0 fully saturated rings. The number of carbonyl (C=O) groups excluding carboxylic acids is 1. The van der Waals surface area contributed by atoms with Gasteiger partial charge in [0.15, 0.2) is 5.96 Å². The summed E-state index contributed by atoms with van der Waals surface area (Å²) in [5.41, 5.74) is 12.1. The van der Waals surface area contributed by atoms with Gasteiger partial charge in [0.05, 0.1) is 36.3 Å².